The van der Waals surface area contributed by atoms with Crippen LogP contribution in [0.1, 0.15) is 33.1 Å². The Morgan fingerprint density at radius 3 is 2.17 bits per heavy atom. The van der Waals surface area contributed by atoms with E-state index >= 15 is 0 Å². The van der Waals surface area contributed by atoms with Crippen molar-refractivity contribution in [2.45, 2.75) is 38.0 Å². The average molecular weight is 336 g/mol. The smallest absolute Gasteiger partial charge is 0.243 e. The Bertz CT molecular complexity index is 670. The highest BCUT2D eigenvalue weighted by Gasteiger charge is 2.32. The Morgan fingerprint density at radius 1 is 1.09 bits per heavy atom. The third-order valence-electron chi connectivity index (χ3n) is 4.54. The van der Waals surface area contributed by atoms with E-state index in [1.165, 1.54) is 0 Å². The summed E-state index contributed by atoms with van der Waals surface area (Å²) in [5.41, 5.74) is 0.654. The Morgan fingerprint density at radius 2 is 1.65 bits per heavy atom. The number of piperidine rings is 1. The number of carbonyl (C=O) groups is 1. The average Bonchev–Trinajstić information content (AvgIpc) is 3.31. The SMILES string of the molecule is C[C@@H]1C[C@@H](C)CN(S(=O)(=O)c2ccc(NC(=O)C3CC3)cc2)C1. The normalized spacial score (nSPS) is 26.0. The second-order valence-corrected chi connectivity index (χ2v) is 8.99. The first kappa shape index (κ1) is 16.5. The van der Waals surface area contributed by atoms with Crippen LogP contribution in [0.25, 0.3) is 0 Å². The molecule has 1 saturated carbocycles. The number of nitrogens with zero attached hydrogens (tertiary/aromatic N) is 1. The molecule has 1 saturated heterocycles. The van der Waals surface area contributed by atoms with Crippen molar-refractivity contribution in [3.63, 3.8) is 0 Å². The molecule has 1 N–H and O–H groups in total. The predicted molar refractivity (Wildman–Crippen MR) is 89.5 cm³/mol. The first-order valence-corrected chi connectivity index (χ1v) is 9.71. The first-order valence-electron chi connectivity index (χ1n) is 8.27. The maximum absolute atomic E-state index is 12.8. The maximum Gasteiger partial charge on any atom is 0.243 e. The number of amides is 1. The van der Waals surface area contributed by atoms with Gasteiger partial charge in [-0.15, -0.1) is 0 Å². The van der Waals surface area contributed by atoms with Crippen LogP contribution in [0.5, 0.6) is 0 Å². The zero-order valence-electron chi connectivity index (χ0n) is 13.7. The predicted octanol–water partition coefficient (Wildman–Crippen LogP) is 2.70. The molecule has 5 nitrogen and oxygen atoms in total. The largest absolute Gasteiger partial charge is 0.326 e. The van der Waals surface area contributed by atoms with E-state index in [0.29, 0.717) is 35.5 Å². The molecule has 1 amide bonds. The van der Waals surface area contributed by atoms with Crippen LogP contribution in [0.4, 0.5) is 5.69 Å². The van der Waals surface area contributed by atoms with Gasteiger partial charge in [0, 0.05) is 24.7 Å². The minimum Gasteiger partial charge on any atom is -0.326 e. The van der Waals surface area contributed by atoms with Gasteiger partial charge in [0.05, 0.1) is 4.90 Å². The molecule has 6 heteroatoms. The van der Waals surface area contributed by atoms with Gasteiger partial charge >= 0.3 is 0 Å². The summed E-state index contributed by atoms with van der Waals surface area (Å²) in [6.45, 7) is 5.34. The number of sulfonamides is 1. The number of benzene rings is 1. The fourth-order valence-electron chi connectivity index (χ4n) is 3.25. The van der Waals surface area contributed by atoms with Crippen LogP contribution in [-0.4, -0.2) is 31.7 Å². The molecule has 0 aromatic heterocycles. The van der Waals surface area contributed by atoms with Crippen molar-refractivity contribution in [2.75, 3.05) is 18.4 Å². The molecule has 1 aromatic carbocycles. The van der Waals surface area contributed by atoms with Crippen LogP contribution >= 0.6 is 0 Å². The molecule has 126 valence electrons. The molecular formula is C17H24N2O3S. The van der Waals surface area contributed by atoms with Gasteiger partial charge in [-0.05, 0) is 55.4 Å². The Kier molecular flexibility index (Phi) is 4.47. The summed E-state index contributed by atoms with van der Waals surface area (Å²) < 4.78 is 27.1. The highest BCUT2D eigenvalue weighted by Crippen LogP contribution is 2.31. The molecule has 0 bridgehead atoms. The second kappa shape index (κ2) is 6.24. The molecule has 23 heavy (non-hydrogen) atoms. The zero-order chi connectivity index (χ0) is 16.6. The Hall–Kier alpha value is -1.40. The lowest BCUT2D eigenvalue weighted by atomic mass is 9.94. The van der Waals surface area contributed by atoms with Crippen LogP contribution in [0.3, 0.4) is 0 Å². The van der Waals surface area contributed by atoms with Crippen molar-refractivity contribution in [1.29, 1.82) is 0 Å². The van der Waals surface area contributed by atoms with E-state index in [4.69, 9.17) is 0 Å². The molecule has 0 spiro atoms. The van der Waals surface area contributed by atoms with Crippen molar-refractivity contribution in [3.8, 4) is 0 Å². The quantitative estimate of drug-likeness (QED) is 0.919. The van der Waals surface area contributed by atoms with Crippen molar-refractivity contribution in [3.05, 3.63) is 24.3 Å². The molecule has 1 aromatic rings. The number of hydrogen-bond donors (Lipinski definition) is 1. The molecule has 3 rings (SSSR count). The number of nitrogens with one attached hydrogen (secondary N) is 1. The van der Waals surface area contributed by atoms with Crippen molar-refractivity contribution in [2.24, 2.45) is 17.8 Å². The number of hydrogen-bond acceptors (Lipinski definition) is 3. The van der Waals surface area contributed by atoms with Crippen LogP contribution < -0.4 is 5.32 Å². The van der Waals surface area contributed by atoms with Gasteiger partial charge in [0.2, 0.25) is 15.9 Å². The van der Waals surface area contributed by atoms with Gasteiger partial charge in [0.1, 0.15) is 0 Å². The van der Waals surface area contributed by atoms with Crippen LogP contribution in [0.2, 0.25) is 0 Å². The lowest BCUT2D eigenvalue weighted by Crippen LogP contribution is -2.42. The van der Waals surface area contributed by atoms with E-state index in [-0.39, 0.29) is 11.8 Å². The van der Waals surface area contributed by atoms with E-state index in [0.717, 1.165) is 19.3 Å². The van der Waals surface area contributed by atoms with E-state index in [1.807, 2.05) is 0 Å². The van der Waals surface area contributed by atoms with Gasteiger partial charge < -0.3 is 5.32 Å². The monoisotopic (exact) mass is 336 g/mol. The van der Waals surface area contributed by atoms with Gasteiger partial charge in [-0.2, -0.15) is 4.31 Å². The summed E-state index contributed by atoms with van der Waals surface area (Å²) in [6.07, 6.45) is 2.96. The lowest BCUT2D eigenvalue weighted by molar-refractivity contribution is -0.117. The van der Waals surface area contributed by atoms with Gasteiger partial charge in [-0.25, -0.2) is 8.42 Å². The van der Waals surface area contributed by atoms with E-state index in [2.05, 4.69) is 19.2 Å². The minimum atomic E-state index is -3.46. The van der Waals surface area contributed by atoms with Crippen LogP contribution in [0, 0.1) is 17.8 Å². The van der Waals surface area contributed by atoms with Crippen molar-refractivity contribution < 1.29 is 13.2 Å². The minimum absolute atomic E-state index is 0.0271. The molecule has 2 aliphatic rings. The molecule has 0 radical (unpaired) electrons. The standard InChI is InChI=1S/C17H24N2O3S/c1-12-9-13(2)11-19(10-12)23(21,22)16-7-5-15(6-8-16)18-17(20)14-3-4-14/h5-8,12-14H,3-4,9-11H2,1-2H3,(H,18,20)/t12-,13-/m1/s1. The molecule has 2 atom stereocenters. The van der Waals surface area contributed by atoms with Gasteiger partial charge in [-0.3, -0.25) is 4.79 Å². The van der Waals surface area contributed by atoms with Crippen molar-refractivity contribution >= 4 is 21.6 Å². The molecule has 2 fully saturated rings. The van der Waals surface area contributed by atoms with Crippen molar-refractivity contribution in [1.82, 2.24) is 4.31 Å². The number of rotatable bonds is 4. The summed E-state index contributed by atoms with van der Waals surface area (Å²) >= 11 is 0. The molecule has 1 aliphatic carbocycles. The van der Waals surface area contributed by atoms with E-state index < -0.39 is 10.0 Å². The fraction of sp³-hybridized carbons (Fsp3) is 0.588. The highest BCUT2D eigenvalue weighted by molar-refractivity contribution is 7.89. The molecule has 1 aliphatic heterocycles. The third kappa shape index (κ3) is 3.75. The van der Waals surface area contributed by atoms with Gasteiger partial charge in [0.15, 0.2) is 0 Å². The third-order valence-corrected chi connectivity index (χ3v) is 6.39. The summed E-state index contributed by atoms with van der Waals surface area (Å²) in [5.74, 6) is 0.922. The highest BCUT2D eigenvalue weighted by atomic mass is 32.2. The van der Waals surface area contributed by atoms with Crippen LogP contribution in [0.15, 0.2) is 29.2 Å². The Balaban J connectivity index is 1.73. The topological polar surface area (TPSA) is 66.5 Å². The molecular weight excluding hydrogens is 312 g/mol. The summed E-state index contributed by atoms with van der Waals surface area (Å²) in [7, 11) is -3.46. The zero-order valence-corrected chi connectivity index (χ0v) is 14.5. The van der Waals surface area contributed by atoms with E-state index in [9.17, 15) is 13.2 Å². The van der Waals surface area contributed by atoms with Gasteiger partial charge in [-0.1, -0.05) is 13.8 Å². The van der Waals surface area contributed by atoms with E-state index in [1.54, 1.807) is 28.6 Å². The first-order chi connectivity index (χ1) is 10.9. The fourth-order valence-corrected chi connectivity index (χ4v) is 4.93. The summed E-state index contributed by atoms with van der Waals surface area (Å²) in [5, 5.41) is 2.83. The summed E-state index contributed by atoms with van der Waals surface area (Å²) in [6, 6.07) is 6.51. The molecule has 1 heterocycles. The summed E-state index contributed by atoms with van der Waals surface area (Å²) in [4.78, 5) is 12.0. The number of carbonyl (C=O) groups excluding carboxylic acids is 1. The van der Waals surface area contributed by atoms with Crippen LogP contribution in [-0.2, 0) is 14.8 Å². The molecule has 0 unspecified atom stereocenters. The Labute approximate surface area is 138 Å². The maximum atomic E-state index is 12.8. The lowest BCUT2D eigenvalue weighted by Gasteiger charge is -2.34. The number of anilines is 1. The van der Waals surface area contributed by atoms with Gasteiger partial charge in [0.25, 0.3) is 0 Å². The second-order valence-electron chi connectivity index (χ2n) is 7.06.